The van der Waals surface area contributed by atoms with Crippen molar-refractivity contribution in [1.29, 1.82) is 0 Å². The van der Waals surface area contributed by atoms with Gasteiger partial charge < -0.3 is 14.6 Å². The average molecular weight is 492 g/mol. The Morgan fingerprint density at radius 2 is 1.80 bits per heavy atom. The molecule has 0 atom stereocenters. The number of nitrogens with zero attached hydrogens (tertiary/aromatic N) is 3. The van der Waals surface area contributed by atoms with Crippen molar-refractivity contribution in [3.8, 4) is 22.9 Å². The zero-order valence-corrected chi connectivity index (χ0v) is 20.1. The zero-order valence-electron chi connectivity index (χ0n) is 19.4. The molecule has 2 heterocycles. The highest BCUT2D eigenvalue weighted by Crippen LogP contribution is 2.24. The lowest BCUT2D eigenvalue weighted by Crippen LogP contribution is -2.02. The van der Waals surface area contributed by atoms with Crippen LogP contribution in [0.3, 0.4) is 0 Å². The number of hydrogen-bond acceptors (Lipinski definition) is 5. The highest BCUT2D eigenvalue weighted by molar-refractivity contribution is 6.31. The molecule has 0 aliphatic heterocycles. The Morgan fingerprint density at radius 3 is 2.51 bits per heavy atom. The van der Waals surface area contributed by atoms with E-state index in [1.54, 1.807) is 4.68 Å². The van der Waals surface area contributed by atoms with Crippen LogP contribution in [0, 0.1) is 0 Å². The number of pyridine rings is 1. The van der Waals surface area contributed by atoms with E-state index in [1.807, 2.05) is 79.9 Å². The normalized spacial score (nSPS) is 10.8. The number of aromatic nitrogens is 3. The predicted octanol–water partition coefficient (Wildman–Crippen LogP) is 5.64. The highest BCUT2D eigenvalue weighted by Gasteiger charge is 2.12. The quantitative estimate of drug-likeness (QED) is 0.292. The summed E-state index contributed by atoms with van der Waals surface area (Å²) < 4.78 is 13.3. The maximum absolute atomic E-state index is 10.9. The molecule has 35 heavy (non-hydrogen) atoms. The third kappa shape index (κ3) is 6.61. The van der Waals surface area contributed by atoms with E-state index in [0.717, 1.165) is 22.4 Å². The number of hydrogen-bond donors (Lipinski definition) is 1. The first-order valence-electron chi connectivity index (χ1n) is 11.4. The van der Waals surface area contributed by atoms with Crippen LogP contribution in [0.4, 0.5) is 0 Å². The second kappa shape index (κ2) is 11.5. The molecule has 0 unspecified atom stereocenters. The van der Waals surface area contributed by atoms with Gasteiger partial charge in [-0.05, 0) is 43.2 Å². The summed E-state index contributed by atoms with van der Waals surface area (Å²) in [6.45, 7) is 3.12. The molecule has 0 aliphatic rings. The standard InChI is InChI=1S/C27H26ClN3O4/c1-2-34-27-21(10-15-26(32)33)17-31(30-27)16-19-8-11-22(12-9-19)35-18-25-23(28)13-14-24(29-25)20-6-4-3-5-7-20/h3-9,11-14,17H,2,10,15-16,18H2,1H3,(H,32,33). The number of ether oxygens (including phenoxy) is 2. The van der Waals surface area contributed by atoms with Gasteiger partial charge in [0, 0.05) is 23.7 Å². The molecule has 7 nitrogen and oxygen atoms in total. The van der Waals surface area contributed by atoms with Crippen molar-refractivity contribution in [3.63, 3.8) is 0 Å². The van der Waals surface area contributed by atoms with Crippen LogP contribution in [0.5, 0.6) is 11.6 Å². The molecule has 0 bridgehead atoms. The first-order valence-corrected chi connectivity index (χ1v) is 11.7. The third-order valence-electron chi connectivity index (χ3n) is 5.32. The van der Waals surface area contributed by atoms with Gasteiger partial charge >= 0.3 is 5.97 Å². The number of aliphatic carboxylic acids is 1. The number of carboxylic acid groups (broad SMARTS) is 1. The smallest absolute Gasteiger partial charge is 0.303 e. The number of halogens is 1. The Morgan fingerprint density at radius 1 is 1.03 bits per heavy atom. The SMILES string of the molecule is CCOc1nn(Cc2ccc(OCc3nc(-c4ccccc4)ccc3Cl)cc2)cc1CCC(=O)O. The van der Waals surface area contributed by atoms with Gasteiger partial charge in [0.15, 0.2) is 0 Å². The van der Waals surface area contributed by atoms with Crippen LogP contribution in [0.2, 0.25) is 5.02 Å². The monoisotopic (exact) mass is 491 g/mol. The van der Waals surface area contributed by atoms with Crippen molar-refractivity contribution in [2.24, 2.45) is 0 Å². The van der Waals surface area contributed by atoms with Gasteiger partial charge in [0.05, 0.1) is 29.6 Å². The van der Waals surface area contributed by atoms with E-state index in [9.17, 15) is 4.79 Å². The van der Waals surface area contributed by atoms with Gasteiger partial charge in [0.1, 0.15) is 12.4 Å². The fourth-order valence-electron chi connectivity index (χ4n) is 3.58. The van der Waals surface area contributed by atoms with E-state index in [2.05, 4.69) is 10.1 Å². The second-order valence-electron chi connectivity index (χ2n) is 7.91. The van der Waals surface area contributed by atoms with Crippen molar-refractivity contribution >= 4 is 17.6 Å². The van der Waals surface area contributed by atoms with Gasteiger partial charge in [-0.15, -0.1) is 5.10 Å². The summed E-state index contributed by atoms with van der Waals surface area (Å²) in [6, 6.07) is 21.4. The van der Waals surface area contributed by atoms with Gasteiger partial charge in [0.25, 0.3) is 0 Å². The van der Waals surface area contributed by atoms with E-state index >= 15 is 0 Å². The predicted molar refractivity (Wildman–Crippen MR) is 134 cm³/mol. The maximum Gasteiger partial charge on any atom is 0.303 e. The zero-order chi connectivity index (χ0) is 24.6. The molecule has 0 spiro atoms. The largest absolute Gasteiger partial charge is 0.487 e. The molecular formula is C27H26ClN3O4. The Balaban J connectivity index is 1.39. The number of carboxylic acids is 1. The molecule has 8 heteroatoms. The van der Waals surface area contributed by atoms with Crippen LogP contribution in [0.1, 0.15) is 30.2 Å². The van der Waals surface area contributed by atoms with E-state index in [1.165, 1.54) is 0 Å². The van der Waals surface area contributed by atoms with Crippen LogP contribution in [0.15, 0.2) is 72.9 Å². The van der Waals surface area contributed by atoms with Crippen LogP contribution in [0.25, 0.3) is 11.3 Å². The van der Waals surface area contributed by atoms with Crippen molar-refractivity contribution in [1.82, 2.24) is 14.8 Å². The summed E-state index contributed by atoms with van der Waals surface area (Å²) in [4.78, 5) is 15.6. The Hall–Kier alpha value is -3.84. The first kappa shape index (κ1) is 24.3. The number of carbonyl (C=O) groups is 1. The fraction of sp³-hybridized carbons (Fsp3) is 0.222. The average Bonchev–Trinajstić information content (AvgIpc) is 3.25. The molecule has 0 fully saturated rings. The Labute approximate surface area is 208 Å². The summed E-state index contributed by atoms with van der Waals surface area (Å²) in [6.07, 6.45) is 2.25. The second-order valence-corrected chi connectivity index (χ2v) is 8.31. The molecule has 0 saturated carbocycles. The topological polar surface area (TPSA) is 86.5 Å². The molecule has 4 rings (SSSR count). The molecule has 2 aromatic carbocycles. The van der Waals surface area contributed by atoms with Crippen LogP contribution >= 0.6 is 11.6 Å². The molecule has 4 aromatic rings. The van der Waals surface area contributed by atoms with Crippen LogP contribution < -0.4 is 9.47 Å². The molecule has 2 aromatic heterocycles. The number of aryl methyl sites for hydroxylation is 1. The minimum absolute atomic E-state index is 0.0327. The highest BCUT2D eigenvalue weighted by atomic mass is 35.5. The minimum Gasteiger partial charge on any atom is -0.487 e. The maximum atomic E-state index is 10.9. The lowest BCUT2D eigenvalue weighted by atomic mass is 10.1. The molecule has 0 amide bonds. The lowest BCUT2D eigenvalue weighted by Gasteiger charge is -2.10. The fourth-order valence-corrected chi connectivity index (χ4v) is 3.74. The van der Waals surface area contributed by atoms with Gasteiger partial charge in [-0.2, -0.15) is 0 Å². The summed E-state index contributed by atoms with van der Waals surface area (Å²) >= 11 is 6.35. The summed E-state index contributed by atoms with van der Waals surface area (Å²) in [5.74, 6) is 0.337. The molecular weight excluding hydrogens is 466 g/mol. The van der Waals surface area contributed by atoms with Crippen LogP contribution in [-0.4, -0.2) is 32.4 Å². The lowest BCUT2D eigenvalue weighted by molar-refractivity contribution is -0.136. The van der Waals surface area contributed by atoms with E-state index in [0.29, 0.717) is 41.9 Å². The number of rotatable bonds is 11. The summed E-state index contributed by atoms with van der Waals surface area (Å²) in [5.41, 5.74) is 4.35. The van der Waals surface area contributed by atoms with Crippen molar-refractivity contribution in [2.75, 3.05) is 6.61 Å². The summed E-state index contributed by atoms with van der Waals surface area (Å²) in [5, 5.41) is 14.0. The molecule has 0 saturated heterocycles. The minimum atomic E-state index is -0.848. The Kier molecular flexibility index (Phi) is 8.00. The van der Waals surface area contributed by atoms with Crippen molar-refractivity contribution < 1.29 is 19.4 Å². The molecule has 0 radical (unpaired) electrons. The summed E-state index contributed by atoms with van der Waals surface area (Å²) in [7, 11) is 0. The molecule has 180 valence electrons. The van der Waals surface area contributed by atoms with Crippen molar-refractivity contribution in [3.05, 3.63) is 94.8 Å². The Bertz CT molecular complexity index is 1270. The number of benzene rings is 2. The molecule has 0 aliphatic carbocycles. The van der Waals surface area contributed by atoms with Gasteiger partial charge in [-0.25, -0.2) is 4.98 Å². The van der Waals surface area contributed by atoms with Crippen molar-refractivity contribution in [2.45, 2.75) is 32.9 Å². The van der Waals surface area contributed by atoms with Gasteiger partial charge in [-0.1, -0.05) is 54.1 Å². The third-order valence-corrected chi connectivity index (χ3v) is 5.66. The van der Waals surface area contributed by atoms with Gasteiger partial charge in [0.2, 0.25) is 5.88 Å². The first-order chi connectivity index (χ1) is 17.0. The molecule has 1 N–H and O–H groups in total. The van der Waals surface area contributed by atoms with E-state index in [-0.39, 0.29) is 13.0 Å². The van der Waals surface area contributed by atoms with E-state index in [4.69, 9.17) is 26.2 Å². The van der Waals surface area contributed by atoms with E-state index < -0.39 is 5.97 Å². The van der Waals surface area contributed by atoms with Gasteiger partial charge in [-0.3, -0.25) is 9.48 Å². The van der Waals surface area contributed by atoms with Crippen LogP contribution in [-0.2, 0) is 24.4 Å².